The molecule has 0 spiro atoms. The summed E-state index contributed by atoms with van der Waals surface area (Å²) in [5, 5.41) is 4.06. The fourth-order valence-electron chi connectivity index (χ4n) is 4.84. The highest BCUT2D eigenvalue weighted by Gasteiger charge is 2.50. The zero-order valence-electron chi connectivity index (χ0n) is 17.2. The van der Waals surface area contributed by atoms with E-state index in [1.54, 1.807) is 17.0 Å². The Bertz CT molecular complexity index is 956. The number of nitrogens with one attached hydrogen (secondary N) is 1. The Morgan fingerprint density at radius 3 is 2.69 bits per heavy atom. The molecule has 7 nitrogen and oxygen atoms in total. The van der Waals surface area contributed by atoms with Gasteiger partial charge in [-0.2, -0.15) is 0 Å². The fourth-order valence-corrected chi connectivity index (χ4v) is 4.84. The molecule has 0 unspecified atom stereocenters. The van der Waals surface area contributed by atoms with Crippen LogP contribution in [0.2, 0.25) is 0 Å². The average molecular weight is 396 g/mol. The number of aromatic nitrogens is 2. The first kappa shape index (κ1) is 19.5. The molecule has 1 N–H and O–H groups in total. The van der Waals surface area contributed by atoms with Gasteiger partial charge in [-0.1, -0.05) is 12.2 Å². The van der Waals surface area contributed by atoms with E-state index in [0.29, 0.717) is 5.65 Å². The zero-order valence-corrected chi connectivity index (χ0v) is 17.2. The summed E-state index contributed by atoms with van der Waals surface area (Å²) in [5.41, 5.74) is 1.02. The molecule has 0 aromatic carbocycles. The molecule has 2 amide bonds. The Balaban J connectivity index is 1.40. The number of carbonyl (C=O) groups excluding carboxylic acids is 2. The Hall–Kier alpha value is -2.83. The van der Waals surface area contributed by atoms with Crippen LogP contribution in [0.3, 0.4) is 0 Å². The van der Waals surface area contributed by atoms with Crippen LogP contribution in [0.25, 0.3) is 11.0 Å². The summed E-state index contributed by atoms with van der Waals surface area (Å²) < 4.78 is 7.17. The Morgan fingerprint density at radius 2 is 2.00 bits per heavy atom. The molecule has 1 aliphatic carbocycles. The van der Waals surface area contributed by atoms with Gasteiger partial charge < -0.3 is 10.1 Å². The van der Waals surface area contributed by atoms with Crippen LogP contribution in [0.1, 0.15) is 46.5 Å². The van der Waals surface area contributed by atoms with E-state index in [2.05, 4.69) is 16.9 Å². The normalized spacial score (nSPS) is 26.4. The summed E-state index contributed by atoms with van der Waals surface area (Å²) >= 11 is 0. The van der Waals surface area contributed by atoms with Gasteiger partial charge in [0, 0.05) is 29.9 Å². The third kappa shape index (κ3) is 3.50. The summed E-state index contributed by atoms with van der Waals surface area (Å²) in [7, 11) is 0. The van der Waals surface area contributed by atoms with Gasteiger partial charge in [0.05, 0.1) is 6.04 Å². The summed E-state index contributed by atoms with van der Waals surface area (Å²) in [6.07, 6.45) is 6.45. The highest BCUT2D eigenvalue weighted by Crippen LogP contribution is 2.38. The first-order valence-corrected chi connectivity index (χ1v) is 10.2. The molecule has 7 heteroatoms. The second kappa shape index (κ2) is 7.21. The third-order valence-electron chi connectivity index (χ3n) is 6.05. The molecule has 1 saturated carbocycles. The van der Waals surface area contributed by atoms with Gasteiger partial charge in [-0.3, -0.25) is 9.47 Å². The van der Waals surface area contributed by atoms with Crippen molar-refractivity contribution in [3.63, 3.8) is 0 Å². The number of fused-ring (bicyclic) bond motifs is 1. The molecular weight excluding hydrogens is 368 g/mol. The monoisotopic (exact) mass is 396 g/mol. The number of pyridine rings is 1. The van der Waals surface area contributed by atoms with Crippen molar-refractivity contribution < 1.29 is 14.3 Å². The van der Waals surface area contributed by atoms with Gasteiger partial charge in [-0.15, -0.1) is 0 Å². The van der Waals surface area contributed by atoms with Crippen LogP contribution in [-0.4, -0.2) is 50.3 Å². The van der Waals surface area contributed by atoms with Crippen LogP contribution in [0.5, 0.6) is 0 Å². The minimum Gasteiger partial charge on any atom is -0.441 e. The molecule has 0 radical (unpaired) electrons. The molecule has 1 saturated heterocycles. The lowest BCUT2D eigenvalue weighted by atomic mass is 9.86. The van der Waals surface area contributed by atoms with Crippen molar-refractivity contribution in [3.05, 3.63) is 42.7 Å². The molecule has 1 atom stereocenters. The molecule has 2 aromatic rings. The van der Waals surface area contributed by atoms with E-state index < -0.39 is 5.60 Å². The van der Waals surface area contributed by atoms with Gasteiger partial charge >= 0.3 is 12.1 Å². The summed E-state index contributed by atoms with van der Waals surface area (Å²) in [5.74, 6) is 0. The minimum atomic E-state index is -0.573. The standard InChI is InChI=1S/C22H28N4O3/c1-14(2)18-22(3,4)29-21(28)26(18)17-9-7-16(8-10-17)24-20(27)25-13-11-15-6-5-12-23-19(15)25/h5-6,11-13,16-18H,1,7-10H2,2-4H3,(H,24,27)/t16?,17?,18-/m0/s1. The molecule has 2 aliphatic rings. The average Bonchev–Trinajstić information content (AvgIpc) is 3.20. The van der Waals surface area contributed by atoms with Crippen molar-refractivity contribution in [2.45, 2.75) is 70.2 Å². The summed E-state index contributed by atoms with van der Waals surface area (Å²) in [4.78, 5) is 31.4. The lowest BCUT2D eigenvalue weighted by Crippen LogP contribution is -2.50. The zero-order chi connectivity index (χ0) is 20.8. The number of ether oxygens (including phenoxy) is 1. The second-order valence-electron chi connectivity index (χ2n) is 8.68. The van der Waals surface area contributed by atoms with Gasteiger partial charge in [0.25, 0.3) is 0 Å². The van der Waals surface area contributed by atoms with Gasteiger partial charge in [0.2, 0.25) is 0 Å². The van der Waals surface area contributed by atoms with Crippen LogP contribution < -0.4 is 5.32 Å². The molecular formula is C22H28N4O3. The minimum absolute atomic E-state index is 0.0785. The van der Waals surface area contributed by atoms with Crippen molar-refractivity contribution in [1.82, 2.24) is 19.8 Å². The van der Waals surface area contributed by atoms with Crippen molar-refractivity contribution in [3.8, 4) is 0 Å². The number of rotatable bonds is 3. The molecule has 2 fully saturated rings. The van der Waals surface area contributed by atoms with Crippen molar-refractivity contribution in [2.24, 2.45) is 0 Å². The van der Waals surface area contributed by atoms with Crippen LogP contribution >= 0.6 is 0 Å². The van der Waals surface area contributed by atoms with Crippen LogP contribution in [-0.2, 0) is 4.74 Å². The Labute approximate surface area is 170 Å². The maximum absolute atomic E-state index is 12.7. The molecule has 3 heterocycles. The quantitative estimate of drug-likeness (QED) is 0.793. The maximum Gasteiger partial charge on any atom is 0.411 e. The topological polar surface area (TPSA) is 76.5 Å². The lowest BCUT2D eigenvalue weighted by molar-refractivity contribution is 0.0746. The van der Waals surface area contributed by atoms with Crippen molar-refractivity contribution >= 4 is 23.2 Å². The van der Waals surface area contributed by atoms with E-state index in [9.17, 15) is 9.59 Å². The maximum atomic E-state index is 12.7. The first-order valence-electron chi connectivity index (χ1n) is 10.2. The summed E-state index contributed by atoms with van der Waals surface area (Å²) in [6, 6.07) is 5.58. The second-order valence-corrected chi connectivity index (χ2v) is 8.68. The summed E-state index contributed by atoms with van der Waals surface area (Å²) in [6.45, 7) is 9.90. The molecule has 154 valence electrons. The van der Waals surface area contributed by atoms with Crippen LogP contribution in [0.4, 0.5) is 9.59 Å². The SMILES string of the molecule is C=C(C)[C@@H]1N(C2CCC(NC(=O)n3ccc4cccnc43)CC2)C(=O)OC1(C)C. The number of carbonyl (C=O) groups is 2. The highest BCUT2D eigenvalue weighted by molar-refractivity contribution is 5.89. The molecule has 4 rings (SSSR count). The number of nitrogens with zero attached hydrogens (tertiary/aromatic N) is 3. The van der Waals surface area contributed by atoms with Gasteiger partial charge in [-0.25, -0.2) is 14.6 Å². The van der Waals surface area contributed by atoms with E-state index >= 15 is 0 Å². The number of hydrogen-bond donors (Lipinski definition) is 1. The largest absolute Gasteiger partial charge is 0.441 e. The number of hydrogen-bond acceptors (Lipinski definition) is 4. The highest BCUT2D eigenvalue weighted by atomic mass is 16.6. The van der Waals surface area contributed by atoms with Crippen LogP contribution in [0, 0.1) is 0 Å². The number of amides is 2. The Kier molecular flexibility index (Phi) is 4.84. The molecule has 1 aliphatic heterocycles. The van der Waals surface area contributed by atoms with Gasteiger partial charge in [0.1, 0.15) is 11.2 Å². The Morgan fingerprint density at radius 1 is 1.28 bits per heavy atom. The first-order chi connectivity index (χ1) is 13.8. The molecule has 29 heavy (non-hydrogen) atoms. The number of cyclic esters (lactones) is 1. The van der Waals surface area contributed by atoms with Crippen LogP contribution in [0.15, 0.2) is 42.7 Å². The van der Waals surface area contributed by atoms with E-state index in [1.807, 2.05) is 43.9 Å². The van der Waals surface area contributed by atoms with E-state index in [-0.39, 0.29) is 30.2 Å². The van der Waals surface area contributed by atoms with E-state index in [4.69, 9.17) is 4.74 Å². The molecule has 0 bridgehead atoms. The lowest BCUT2D eigenvalue weighted by Gasteiger charge is -2.38. The predicted octanol–water partition coefficient (Wildman–Crippen LogP) is 4.08. The van der Waals surface area contributed by atoms with Gasteiger partial charge in [0.15, 0.2) is 0 Å². The third-order valence-corrected chi connectivity index (χ3v) is 6.05. The van der Waals surface area contributed by atoms with E-state index in [0.717, 1.165) is 36.6 Å². The smallest absolute Gasteiger partial charge is 0.411 e. The van der Waals surface area contributed by atoms with Crippen molar-refractivity contribution in [1.29, 1.82) is 0 Å². The molecule has 2 aromatic heterocycles. The van der Waals surface area contributed by atoms with E-state index in [1.165, 1.54) is 0 Å². The predicted molar refractivity (Wildman–Crippen MR) is 111 cm³/mol. The van der Waals surface area contributed by atoms with Crippen molar-refractivity contribution in [2.75, 3.05) is 0 Å². The fraction of sp³-hybridized carbons (Fsp3) is 0.500. The van der Waals surface area contributed by atoms with Gasteiger partial charge in [-0.05, 0) is 64.7 Å².